The molecule has 0 saturated carbocycles. The number of nitrogens with zero attached hydrogens (tertiary/aromatic N) is 1. The standard InChI is InChI=1S/C14H25N3O3/c1-10(18)12(15)6-3-4-8-16-14(20)13-7-5-9-17(13)11(2)19/h12-13H,3-9,15H2,1-2H3,(H,16,20). The summed E-state index contributed by atoms with van der Waals surface area (Å²) in [5.74, 6) is -0.124. The highest BCUT2D eigenvalue weighted by Crippen LogP contribution is 2.17. The van der Waals surface area contributed by atoms with E-state index in [-0.39, 0.29) is 23.6 Å². The Bertz CT molecular complexity index is 371. The predicted molar refractivity (Wildman–Crippen MR) is 75.9 cm³/mol. The fraction of sp³-hybridized carbons (Fsp3) is 0.786. The van der Waals surface area contributed by atoms with E-state index in [1.54, 1.807) is 4.90 Å². The number of carbonyl (C=O) groups is 3. The molecule has 1 fully saturated rings. The van der Waals surface area contributed by atoms with Crippen LogP contribution in [0.15, 0.2) is 0 Å². The largest absolute Gasteiger partial charge is 0.354 e. The SMILES string of the molecule is CC(=O)C(N)CCCCNC(=O)C1CCCN1C(C)=O. The minimum atomic E-state index is -0.395. The van der Waals surface area contributed by atoms with Crippen LogP contribution in [0.5, 0.6) is 0 Å². The molecule has 0 radical (unpaired) electrons. The van der Waals surface area contributed by atoms with Gasteiger partial charge in [0.15, 0.2) is 0 Å². The van der Waals surface area contributed by atoms with Crippen LogP contribution in [0.25, 0.3) is 0 Å². The number of rotatable bonds is 7. The van der Waals surface area contributed by atoms with E-state index in [1.807, 2.05) is 0 Å². The first-order chi connectivity index (χ1) is 9.43. The first-order valence-corrected chi connectivity index (χ1v) is 7.24. The van der Waals surface area contributed by atoms with Crippen LogP contribution in [0.4, 0.5) is 0 Å². The summed E-state index contributed by atoms with van der Waals surface area (Å²) in [5, 5.41) is 2.85. The van der Waals surface area contributed by atoms with Gasteiger partial charge in [-0.3, -0.25) is 14.4 Å². The minimum absolute atomic E-state index is 0.00269. The Hall–Kier alpha value is -1.43. The Morgan fingerprint density at radius 2 is 2.00 bits per heavy atom. The zero-order valence-corrected chi connectivity index (χ0v) is 12.4. The third-order valence-electron chi connectivity index (χ3n) is 3.72. The number of Topliss-reactive ketones (excluding diaryl/α,β-unsaturated/α-hetero) is 1. The van der Waals surface area contributed by atoms with Gasteiger partial charge in [0.1, 0.15) is 11.8 Å². The second-order valence-corrected chi connectivity index (χ2v) is 5.37. The van der Waals surface area contributed by atoms with Gasteiger partial charge in [-0.15, -0.1) is 0 Å². The Labute approximate surface area is 120 Å². The van der Waals surface area contributed by atoms with Gasteiger partial charge in [-0.1, -0.05) is 0 Å². The minimum Gasteiger partial charge on any atom is -0.354 e. The van der Waals surface area contributed by atoms with Crippen LogP contribution in [0.1, 0.15) is 46.0 Å². The summed E-state index contributed by atoms with van der Waals surface area (Å²) in [4.78, 5) is 35.9. The van der Waals surface area contributed by atoms with Gasteiger partial charge in [-0.2, -0.15) is 0 Å². The molecule has 0 spiro atoms. The van der Waals surface area contributed by atoms with Gasteiger partial charge in [0.2, 0.25) is 11.8 Å². The molecule has 0 aromatic rings. The smallest absolute Gasteiger partial charge is 0.242 e. The number of nitrogens with one attached hydrogen (secondary N) is 1. The van der Waals surface area contributed by atoms with E-state index in [2.05, 4.69) is 5.32 Å². The summed E-state index contributed by atoms with van der Waals surface area (Å²) in [6.45, 7) is 4.21. The molecule has 0 aromatic heterocycles. The zero-order valence-electron chi connectivity index (χ0n) is 12.4. The molecule has 0 aliphatic carbocycles. The van der Waals surface area contributed by atoms with Gasteiger partial charge in [-0.25, -0.2) is 0 Å². The van der Waals surface area contributed by atoms with E-state index in [0.717, 1.165) is 25.7 Å². The number of nitrogens with two attached hydrogens (primary N) is 1. The second kappa shape index (κ2) is 7.99. The Morgan fingerprint density at radius 1 is 1.30 bits per heavy atom. The van der Waals surface area contributed by atoms with Crippen molar-refractivity contribution in [2.75, 3.05) is 13.1 Å². The van der Waals surface area contributed by atoms with Crippen molar-refractivity contribution in [3.05, 3.63) is 0 Å². The Balaban J connectivity index is 2.20. The molecule has 6 nitrogen and oxygen atoms in total. The van der Waals surface area contributed by atoms with Crippen molar-refractivity contribution in [3.63, 3.8) is 0 Å². The lowest BCUT2D eigenvalue weighted by molar-refractivity contribution is -0.136. The highest BCUT2D eigenvalue weighted by molar-refractivity contribution is 5.87. The van der Waals surface area contributed by atoms with E-state index in [4.69, 9.17) is 5.73 Å². The molecule has 114 valence electrons. The lowest BCUT2D eigenvalue weighted by atomic mass is 10.1. The van der Waals surface area contributed by atoms with Gasteiger partial charge in [-0.05, 0) is 39.0 Å². The van der Waals surface area contributed by atoms with Gasteiger partial charge in [0.25, 0.3) is 0 Å². The molecule has 2 unspecified atom stereocenters. The van der Waals surface area contributed by atoms with E-state index in [0.29, 0.717) is 19.5 Å². The Kier molecular flexibility index (Phi) is 6.64. The molecule has 0 aromatic carbocycles. The van der Waals surface area contributed by atoms with Crippen LogP contribution in [0, 0.1) is 0 Å². The van der Waals surface area contributed by atoms with Crippen LogP contribution >= 0.6 is 0 Å². The van der Waals surface area contributed by atoms with Crippen molar-refractivity contribution in [2.45, 2.75) is 58.0 Å². The highest BCUT2D eigenvalue weighted by atomic mass is 16.2. The van der Waals surface area contributed by atoms with Crippen molar-refractivity contribution in [3.8, 4) is 0 Å². The van der Waals surface area contributed by atoms with Crippen molar-refractivity contribution >= 4 is 17.6 Å². The molecule has 1 rings (SSSR count). The van der Waals surface area contributed by atoms with E-state index in [9.17, 15) is 14.4 Å². The van der Waals surface area contributed by atoms with Crippen molar-refractivity contribution in [2.24, 2.45) is 5.73 Å². The zero-order chi connectivity index (χ0) is 15.1. The maximum absolute atomic E-state index is 12.0. The molecular weight excluding hydrogens is 258 g/mol. The third kappa shape index (κ3) is 4.92. The molecular formula is C14H25N3O3. The first-order valence-electron chi connectivity index (χ1n) is 7.24. The van der Waals surface area contributed by atoms with Gasteiger partial charge in [0.05, 0.1) is 6.04 Å². The van der Waals surface area contributed by atoms with Crippen molar-refractivity contribution < 1.29 is 14.4 Å². The molecule has 20 heavy (non-hydrogen) atoms. The lowest BCUT2D eigenvalue weighted by Crippen LogP contribution is -2.45. The molecule has 1 aliphatic heterocycles. The van der Waals surface area contributed by atoms with Crippen LogP contribution in [-0.4, -0.2) is 47.7 Å². The third-order valence-corrected chi connectivity index (χ3v) is 3.72. The molecule has 1 heterocycles. The first kappa shape index (κ1) is 16.6. The molecule has 2 amide bonds. The monoisotopic (exact) mass is 283 g/mol. The number of likely N-dealkylation sites (tertiary alicyclic amines) is 1. The molecule has 2 atom stereocenters. The maximum Gasteiger partial charge on any atom is 0.242 e. The summed E-state index contributed by atoms with van der Waals surface area (Å²) >= 11 is 0. The summed E-state index contributed by atoms with van der Waals surface area (Å²) in [6, 6.07) is -0.708. The summed E-state index contributed by atoms with van der Waals surface area (Å²) in [7, 11) is 0. The number of unbranched alkanes of at least 4 members (excludes halogenated alkanes) is 1. The average Bonchev–Trinajstić information content (AvgIpc) is 2.87. The number of hydrogen-bond acceptors (Lipinski definition) is 4. The molecule has 6 heteroatoms. The number of carbonyl (C=O) groups excluding carboxylic acids is 3. The van der Waals surface area contributed by atoms with Gasteiger partial charge in [0, 0.05) is 20.0 Å². The van der Waals surface area contributed by atoms with E-state index in [1.165, 1.54) is 13.8 Å². The highest BCUT2D eigenvalue weighted by Gasteiger charge is 2.31. The molecule has 1 saturated heterocycles. The van der Waals surface area contributed by atoms with Crippen LogP contribution < -0.4 is 11.1 Å². The van der Waals surface area contributed by atoms with Crippen molar-refractivity contribution in [1.82, 2.24) is 10.2 Å². The van der Waals surface area contributed by atoms with Crippen LogP contribution in [0.3, 0.4) is 0 Å². The lowest BCUT2D eigenvalue weighted by Gasteiger charge is -2.22. The average molecular weight is 283 g/mol. The molecule has 0 bridgehead atoms. The molecule has 1 aliphatic rings. The fourth-order valence-corrected chi connectivity index (χ4v) is 2.44. The summed E-state index contributed by atoms with van der Waals surface area (Å²) < 4.78 is 0. The van der Waals surface area contributed by atoms with Gasteiger partial charge >= 0.3 is 0 Å². The van der Waals surface area contributed by atoms with Crippen LogP contribution in [0.2, 0.25) is 0 Å². The summed E-state index contributed by atoms with van der Waals surface area (Å²) in [5.41, 5.74) is 5.63. The fourth-order valence-electron chi connectivity index (χ4n) is 2.44. The quantitative estimate of drug-likeness (QED) is 0.653. The summed E-state index contributed by atoms with van der Waals surface area (Å²) in [6.07, 6.45) is 3.86. The van der Waals surface area contributed by atoms with Gasteiger partial charge < -0.3 is 16.0 Å². The van der Waals surface area contributed by atoms with E-state index < -0.39 is 6.04 Å². The van der Waals surface area contributed by atoms with Crippen LogP contribution in [-0.2, 0) is 14.4 Å². The number of ketones is 1. The predicted octanol–water partition coefficient (Wildman–Crippen LogP) is 0.200. The normalized spacial score (nSPS) is 19.8. The second-order valence-electron chi connectivity index (χ2n) is 5.37. The topological polar surface area (TPSA) is 92.5 Å². The van der Waals surface area contributed by atoms with E-state index >= 15 is 0 Å². The van der Waals surface area contributed by atoms with Crippen molar-refractivity contribution in [1.29, 1.82) is 0 Å². The Morgan fingerprint density at radius 3 is 2.60 bits per heavy atom. The number of hydrogen-bond donors (Lipinski definition) is 2. The number of amides is 2. The molecule has 3 N–H and O–H groups in total. The maximum atomic E-state index is 12.0.